The number of rotatable bonds is 3. The minimum atomic E-state index is -0.253. The van der Waals surface area contributed by atoms with E-state index < -0.39 is 0 Å². The summed E-state index contributed by atoms with van der Waals surface area (Å²) in [6.45, 7) is 5.94. The second-order valence-electron chi connectivity index (χ2n) is 5.55. The maximum Gasteiger partial charge on any atom is 0.257 e. The highest BCUT2D eigenvalue weighted by Crippen LogP contribution is 2.18. The van der Waals surface area contributed by atoms with Crippen LogP contribution in [0, 0.1) is 0 Å². The van der Waals surface area contributed by atoms with Gasteiger partial charge in [0.2, 0.25) is 5.95 Å². The highest BCUT2D eigenvalue weighted by Gasteiger charge is 2.13. The van der Waals surface area contributed by atoms with Gasteiger partial charge in [-0.25, -0.2) is 4.98 Å². The summed E-state index contributed by atoms with van der Waals surface area (Å²) >= 11 is 0. The Morgan fingerprint density at radius 3 is 2.40 bits per heavy atom. The van der Waals surface area contributed by atoms with Crippen molar-refractivity contribution in [2.75, 3.05) is 5.32 Å². The molecule has 5 nitrogen and oxygen atoms in total. The first-order valence-corrected chi connectivity index (χ1v) is 6.43. The van der Waals surface area contributed by atoms with Gasteiger partial charge in [0, 0.05) is 25.0 Å². The van der Waals surface area contributed by atoms with Crippen LogP contribution < -0.4 is 10.1 Å². The van der Waals surface area contributed by atoms with E-state index in [9.17, 15) is 4.79 Å². The molecule has 0 unspecified atom stereocenters. The van der Waals surface area contributed by atoms with Gasteiger partial charge in [-0.2, -0.15) is 0 Å². The Balaban J connectivity index is 2.06. The van der Waals surface area contributed by atoms with Gasteiger partial charge in [-0.3, -0.25) is 10.1 Å². The SMILES string of the molecule is Cn1ccnc1NC(=O)c1ccc(OC(C)(C)C)cc1. The molecule has 2 aromatic rings. The number of hydrogen-bond acceptors (Lipinski definition) is 3. The number of nitrogens with one attached hydrogen (secondary N) is 1. The molecule has 0 bridgehead atoms. The van der Waals surface area contributed by atoms with Crippen LogP contribution in [-0.4, -0.2) is 21.1 Å². The van der Waals surface area contributed by atoms with Gasteiger partial charge in [-0.05, 0) is 45.0 Å². The second kappa shape index (κ2) is 5.36. The summed E-state index contributed by atoms with van der Waals surface area (Å²) in [5.74, 6) is 1.07. The molecule has 1 aromatic carbocycles. The molecular formula is C15H19N3O2. The van der Waals surface area contributed by atoms with Gasteiger partial charge in [-0.15, -0.1) is 0 Å². The summed E-state index contributed by atoms with van der Waals surface area (Å²) in [6, 6.07) is 7.05. The lowest BCUT2D eigenvalue weighted by atomic mass is 10.1. The first-order chi connectivity index (χ1) is 9.35. The Morgan fingerprint density at radius 2 is 1.90 bits per heavy atom. The number of aryl methyl sites for hydroxylation is 1. The molecule has 1 aromatic heterocycles. The van der Waals surface area contributed by atoms with Gasteiger partial charge < -0.3 is 9.30 Å². The Bertz CT molecular complexity index is 594. The smallest absolute Gasteiger partial charge is 0.257 e. The molecule has 2 rings (SSSR count). The molecule has 20 heavy (non-hydrogen) atoms. The van der Waals surface area contributed by atoms with Crippen LogP contribution in [0.2, 0.25) is 0 Å². The zero-order valence-corrected chi connectivity index (χ0v) is 12.2. The van der Waals surface area contributed by atoms with Crippen LogP contribution in [0.15, 0.2) is 36.7 Å². The molecule has 0 atom stereocenters. The van der Waals surface area contributed by atoms with Gasteiger partial charge in [0.15, 0.2) is 0 Å². The molecule has 0 fully saturated rings. The third-order valence-corrected chi connectivity index (χ3v) is 2.59. The summed E-state index contributed by atoms with van der Waals surface area (Å²) in [5, 5.41) is 2.75. The molecule has 1 amide bonds. The Kier molecular flexibility index (Phi) is 3.79. The molecule has 0 saturated heterocycles. The summed E-state index contributed by atoms with van der Waals surface area (Å²) in [4.78, 5) is 16.1. The maximum absolute atomic E-state index is 12.1. The van der Waals surface area contributed by atoms with Crippen LogP contribution in [0.5, 0.6) is 5.75 Å². The zero-order valence-electron chi connectivity index (χ0n) is 12.2. The van der Waals surface area contributed by atoms with Crippen LogP contribution in [-0.2, 0) is 7.05 Å². The highest BCUT2D eigenvalue weighted by atomic mass is 16.5. The second-order valence-corrected chi connectivity index (χ2v) is 5.55. The molecule has 0 aliphatic heterocycles. The number of amides is 1. The Morgan fingerprint density at radius 1 is 1.25 bits per heavy atom. The van der Waals surface area contributed by atoms with Crippen molar-refractivity contribution in [2.45, 2.75) is 26.4 Å². The van der Waals surface area contributed by atoms with Gasteiger partial charge in [0.1, 0.15) is 11.4 Å². The average molecular weight is 273 g/mol. The van der Waals surface area contributed by atoms with E-state index in [1.807, 2.05) is 27.8 Å². The topological polar surface area (TPSA) is 56.2 Å². The number of carbonyl (C=O) groups excluding carboxylic acids is 1. The summed E-state index contributed by atoms with van der Waals surface area (Å²) in [7, 11) is 1.82. The number of aromatic nitrogens is 2. The summed E-state index contributed by atoms with van der Waals surface area (Å²) in [5.41, 5.74) is 0.311. The monoisotopic (exact) mass is 273 g/mol. The first-order valence-electron chi connectivity index (χ1n) is 6.43. The van der Waals surface area contributed by atoms with E-state index in [-0.39, 0.29) is 11.5 Å². The fourth-order valence-corrected chi connectivity index (χ4v) is 1.69. The minimum Gasteiger partial charge on any atom is -0.488 e. The molecule has 106 valence electrons. The maximum atomic E-state index is 12.1. The number of carbonyl (C=O) groups is 1. The minimum absolute atomic E-state index is 0.193. The lowest BCUT2D eigenvalue weighted by Gasteiger charge is -2.21. The van der Waals surface area contributed by atoms with E-state index in [1.165, 1.54) is 0 Å². The van der Waals surface area contributed by atoms with Gasteiger partial charge in [-0.1, -0.05) is 0 Å². The first kappa shape index (κ1) is 14.1. The van der Waals surface area contributed by atoms with Crippen molar-refractivity contribution in [3.8, 4) is 5.75 Å². The van der Waals surface area contributed by atoms with E-state index in [0.717, 1.165) is 5.75 Å². The van der Waals surface area contributed by atoms with E-state index in [2.05, 4.69) is 10.3 Å². The lowest BCUT2D eigenvalue weighted by Crippen LogP contribution is -2.23. The van der Waals surface area contributed by atoms with Crippen molar-refractivity contribution >= 4 is 11.9 Å². The summed E-state index contributed by atoms with van der Waals surface area (Å²) in [6.07, 6.45) is 3.41. The van der Waals surface area contributed by atoms with Crippen molar-refractivity contribution in [3.63, 3.8) is 0 Å². The van der Waals surface area contributed by atoms with E-state index in [1.54, 1.807) is 41.2 Å². The van der Waals surface area contributed by atoms with Crippen LogP contribution in [0.25, 0.3) is 0 Å². The standard InChI is InChI=1S/C15H19N3O2/c1-15(2,3)20-12-7-5-11(6-8-12)13(19)17-14-16-9-10-18(14)4/h5-10H,1-4H3,(H,16,17,19). The third-order valence-electron chi connectivity index (χ3n) is 2.59. The number of nitrogens with zero attached hydrogens (tertiary/aromatic N) is 2. The van der Waals surface area contributed by atoms with Gasteiger partial charge >= 0.3 is 0 Å². The number of imidazole rings is 1. The molecule has 0 aliphatic carbocycles. The quantitative estimate of drug-likeness (QED) is 0.935. The Labute approximate surface area is 118 Å². The fraction of sp³-hybridized carbons (Fsp3) is 0.333. The van der Waals surface area contributed by atoms with Crippen LogP contribution >= 0.6 is 0 Å². The number of benzene rings is 1. The van der Waals surface area contributed by atoms with Gasteiger partial charge in [0.05, 0.1) is 0 Å². The number of anilines is 1. The molecule has 0 aliphatic rings. The van der Waals surface area contributed by atoms with Crippen molar-refractivity contribution in [2.24, 2.45) is 7.05 Å². The molecule has 0 saturated carbocycles. The molecule has 0 radical (unpaired) electrons. The van der Waals surface area contributed by atoms with Crippen molar-refractivity contribution in [1.29, 1.82) is 0 Å². The molecule has 1 heterocycles. The van der Waals surface area contributed by atoms with Crippen LogP contribution in [0.1, 0.15) is 31.1 Å². The van der Waals surface area contributed by atoms with E-state index in [0.29, 0.717) is 11.5 Å². The number of ether oxygens (including phenoxy) is 1. The van der Waals surface area contributed by atoms with Gasteiger partial charge in [0.25, 0.3) is 5.91 Å². The average Bonchev–Trinajstić information content (AvgIpc) is 2.74. The molecule has 1 N–H and O–H groups in total. The largest absolute Gasteiger partial charge is 0.488 e. The summed E-state index contributed by atoms with van der Waals surface area (Å²) < 4.78 is 7.46. The van der Waals surface area contributed by atoms with Crippen molar-refractivity contribution in [3.05, 3.63) is 42.2 Å². The van der Waals surface area contributed by atoms with Crippen molar-refractivity contribution in [1.82, 2.24) is 9.55 Å². The predicted molar refractivity (Wildman–Crippen MR) is 78.0 cm³/mol. The molecule has 0 spiro atoms. The number of hydrogen-bond donors (Lipinski definition) is 1. The van der Waals surface area contributed by atoms with Crippen molar-refractivity contribution < 1.29 is 9.53 Å². The molecule has 5 heteroatoms. The zero-order chi connectivity index (χ0) is 14.8. The van der Waals surface area contributed by atoms with E-state index in [4.69, 9.17) is 4.74 Å². The molecular weight excluding hydrogens is 254 g/mol. The fourth-order valence-electron chi connectivity index (χ4n) is 1.69. The highest BCUT2D eigenvalue weighted by molar-refractivity contribution is 6.03. The lowest BCUT2D eigenvalue weighted by molar-refractivity contribution is 0.102. The van der Waals surface area contributed by atoms with E-state index >= 15 is 0 Å². The third kappa shape index (κ3) is 3.60. The van der Waals surface area contributed by atoms with Crippen LogP contribution in [0.3, 0.4) is 0 Å². The predicted octanol–water partition coefficient (Wildman–Crippen LogP) is 2.85. The van der Waals surface area contributed by atoms with Crippen LogP contribution in [0.4, 0.5) is 5.95 Å². The normalized spacial score (nSPS) is 11.2. The Hall–Kier alpha value is -2.30.